The van der Waals surface area contributed by atoms with Crippen molar-refractivity contribution in [2.75, 3.05) is 19.0 Å². The molecular weight excluding hydrogens is 389 g/mol. The monoisotopic (exact) mass is 405 g/mol. The molecule has 2 aromatic carbocycles. The molecule has 9 heteroatoms. The molecule has 2 N–H and O–H groups in total. The van der Waals surface area contributed by atoms with Gasteiger partial charge in [-0.15, -0.1) is 0 Å². The highest BCUT2D eigenvalue weighted by Gasteiger charge is 2.50. The van der Waals surface area contributed by atoms with Crippen molar-refractivity contribution in [1.82, 2.24) is 10.2 Å². The number of rotatable bonds is 5. The smallest absolute Gasteiger partial charge is 0.325 e. The number of carbonyl (C=O) groups is 3. The zero-order chi connectivity index (χ0) is 20.5. The highest BCUT2D eigenvalue weighted by Crippen LogP contribution is 2.33. The summed E-state index contributed by atoms with van der Waals surface area (Å²) in [6, 6.07) is 9.38. The van der Waals surface area contributed by atoms with Gasteiger partial charge >= 0.3 is 6.03 Å². The predicted octanol–water partition coefficient (Wildman–Crippen LogP) is 2.89. The second kappa shape index (κ2) is 7.47. The van der Waals surface area contributed by atoms with Crippen molar-refractivity contribution in [2.24, 2.45) is 0 Å². The van der Waals surface area contributed by atoms with Crippen LogP contribution in [0.15, 0.2) is 42.5 Å². The number of nitrogens with zero attached hydrogens (tertiary/aromatic N) is 1. The summed E-state index contributed by atoms with van der Waals surface area (Å²) < 4.78 is 18.3. The van der Waals surface area contributed by atoms with Gasteiger partial charge in [0, 0.05) is 16.3 Å². The maximum atomic E-state index is 13.3. The number of hydrogen-bond donors (Lipinski definition) is 2. The van der Waals surface area contributed by atoms with Gasteiger partial charge in [-0.25, -0.2) is 9.18 Å². The number of carbonyl (C=O) groups excluding carboxylic acids is 3. The molecule has 3 rings (SSSR count). The Morgan fingerprint density at radius 2 is 1.93 bits per heavy atom. The summed E-state index contributed by atoms with van der Waals surface area (Å²) in [5, 5.41) is 5.13. The van der Waals surface area contributed by atoms with Gasteiger partial charge in [0.25, 0.3) is 5.91 Å². The van der Waals surface area contributed by atoms with Crippen LogP contribution in [0.4, 0.5) is 14.9 Å². The Balaban J connectivity index is 1.75. The fraction of sp³-hybridized carbons (Fsp3) is 0.211. The lowest BCUT2D eigenvalue weighted by Crippen LogP contribution is -2.42. The molecule has 4 amide bonds. The quantitative estimate of drug-likeness (QED) is 0.749. The Labute approximate surface area is 165 Å². The first-order valence-corrected chi connectivity index (χ1v) is 8.66. The first-order chi connectivity index (χ1) is 13.2. The number of benzene rings is 2. The highest BCUT2D eigenvalue weighted by molar-refractivity contribution is 6.32. The topological polar surface area (TPSA) is 87.7 Å². The van der Waals surface area contributed by atoms with Crippen LogP contribution in [0.5, 0.6) is 5.75 Å². The zero-order valence-corrected chi connectivity index (χ0v) is 15.8. The van der Waals surface area contributed by atoms with Crippen molar-refractivity contribution in [2.45, 2.75) is 12.5 Å². The van der Waals surface area contributed by atoms with Crippen LogP contribution in [0.25, 0.3) is 0 Å². The van der Waals surface area contributed by atoms with E-state index in [1.807, 2.05) is 0 Å². The van der Waals surface area contributed by atoms with Crippen molar-refractivity contribution in [1.29, 1.82) is 0 Å². The Bertz CT molecular complexity index is 951. The van der Waals surface area contributed by atoms with E-state index in [9.17, 15) is 18.8 Å². The summed E-state index contributed by atoms with van der Waals surface area (Å²) in [5.74, 6) is -1.15. The van der Waals surface area contributed by atoms with E-state index in [1.165, 1.54) is 20.1 Å². The molecule has 0 aromatic heterocycles. The molecule has 1 unspecified atom stereocenters. The van der Waals surface area contributed by atoms with Crippen LogP contribution >= 0.6 is 11.6 Å². The molecule has 0 saturated carbocycles. The van der Waals surface area contributed by atoms with Crippen LogP contribution < -0.4 is 15.4 Å². The van der Waals surface area contributed by atoms with Crippen molar-refractivity contribution in [3.8, 4) is 5.75 Å². The van der Waals surface area contributed by atoms with Crippen LogP contribution in [0.1, 0.15) is 12.5 Å². The zero-order valence-electron chi connectivity index (χ0n) is 15.1. The van der Waals surface area contributed by atoms with Crippen molar-refractivity contribution >= 4 is 35.1 Å². The van der Waals surface area contributed by atoms with Gasteiger partial charge in [0.2, 0.25) is 5.91 Å². The number of amides is 4. The van der Waals surface area contributed by atoms with Gasteiger partial charge in [0.1, 0.15) is 23.7 Å². The number of ether oxygens (including phenoxy) is 1. The number of methoxy groups -OCH3 is 1. The van der Waals surface area contributed by atoms with E-state index >= 15 is 0 Å². The van der Waals surface area contributed by atoms with E-state index in [0.717, 1.165) is 17.0 Å². The molecule has 1 fully saturated rings. The summed E-state index contributed by atoms with van der Waals surface area (Å²) in [6.07, 6.45) is 0. The Hall–Kier alpha value is -3.13. The molecule has 0 spiro atoms. The maximum Gasteiger partial charge on any atom is 0.325 e. The predicted molar refractivity (Wildman–Crippen MR) is 101 cm³/mol. The van der Waals surface area contributed by atoms with E-state index in [-0.39, 0.29) is 10.6 Å². The molecule has 146 valence electrons. The van der Waals surface area contributed by atoms with E-state index in [1.54, 1.807) is 24.3 Å². The van der Waals surface area contributed by atoms with Crippen molar-refractivity contribution in [3.05, 3.63) is 58.9 Å². The number of halogens is 2. The molecule has 1 heterocycles. The Kier molecular flexibility index (Phi) is 5.24. The van der Waals surface area contributed by atoms with Crippen LogP contribution in [-0.4, -0.2) is 36.4 Å². The van der Waals surface area contributed by atoms with Crippen molar-refractivity contribution < 1.29 is 23.5 Å². The maximum absolute atomic E-state index is 13.3. The van der Waals surface area contributed by atoms with Gasteiger partial charge in [-0.2, -0.15) is 0 Å². The molecule has 2 aromatic rings. The standard InChI is InChI=1S/C19H17ClFN3O4/c1-19(14-8-3-11(21)9-15(14)20)17(26)24(18(27)23-19)10-16(25)22-12-4-6-13(28-2)7-5-12/h3-9H,10H2,1-2H3,(H,22,25)(H,23,27). The lowest BCUT2D eigenvalue weighted by Gasteiger charge is -2.23. The third-order valence-corrected chi connectivity index (χ3v) is 4.73. The van der Waals surface area contributed by atoms with Crippen LogP contribution in [0.2, 0.25) is 5.02 Å². The number of nitrogens with one attached hydrogen (secondary N) is 2. The lowest BCUT2D eigenvalue weighted by molar-refractivity contribution is -0.133. The van der Waals surface area contributed by atoms with Crippen LogP contribution in [0.3, 0.4) is 0 Å². The molecule has 0 radical (unpaired) electrons. The highest BCUT2D eigenvalue weighted by atomic mass is 35.5. The first kappa shape index (κ1) is 19.6. The van der Waals surface area contributed by atoms with E-state index in [0.29, 0.717) is 11.4 Å². The SMILES string of the molecule is COc1ccc(NC(=O)CN2C(=O)NC(C)(c3ccc(F)cc3Cl)C2=O)cc1. The summed E-state index contributed by atoms with van der Waals surface area (Å²) >= 11 is 6.05. The average molecular weight is 406 g/mol. The van der Waals surface area contributed by atoms with Crippen LogP contribution in [0, 0.1) is 5.82 Å². The summed E-state index contributed by atoms with van der Waals surface area (Å²) in [7, 11) is 1.52. The summed E-state index contributed by atoms with van der Waals surface area (Å²) in [5.41, 5.74) is -0.767. The number of hydrogen-bond acceptors (Lipinski definition) is 4. The molecule has 1 atom stereocenters. The van der Waals surface area contributed by atoms with Crippen LogP contribution in [-0.2, 0) is 15.1 Å². The van der Waals surface area contributed by atoms with Gasteiger partial charge in [-0.1, -0.05) is 17.7 Å². The largest absolute Gasteiger partial charge is 0.497 e. The third-order valence-electron chi connectivity index (χ3n) is 4.42. The van der Waals surface area contributed by atoms with E-state index in [4.69, 9.17) is 16.3 Å². The molecular formula is C19H17ClFN3O4. The minimum Gasteiger partial charge on any atom is -0.497 e. The van der Waals surface area contributed by atoms with Gasteiger partial charge in [0.05, 0.1) is 7.11 Å². The van der Waals surface area contributed by atoms with Crippen molar-refractivity contribution in [3.63, 3.8) is 0 Å². The Morgan fingerprint density at radius 3 is 2.54 bits per heavy atom. The summed E-state index contributed by atoms with van der Waals surface area (Å²) in [6.45, 7) is 0.971. The van der Waals surface area contributed by atoms with Gasteiger partial charge in [-0.05, 0) is 43.3 Å². The Morgan fingerprint density at radius 1 is 1.25 bits per heavy atom. The molecule has 0 bridgehead atoms. The molecule has 7 nitrogen and oxygen atoms in total. The number of imide groups is 1. The molecule has 1 aliphatic heterocycles. The molecule has 1 saturated heterocycles. The average Bonchev–Trinajstić information content (AvgIpc) is 2.86. The normalized spacial score (nSPS) is 18.8. The third kappa shape index (κ3) is 3.63. The van der Waals surface area contributed by atoms with E-state index < -0.39 is 35.7 Å². The summed E-state index contributed by atoms with van der Waals surface area (Å²) in [4.78, 5) is 38.2. The van der Waals surface area contributed by atoms with Gasteiger partial charge in [-0.3, -0.25) is 14.5 Å². The van der Waals surface area contributed by atoms with Gasteiger partial charge < -0.3 is 15.4 Å². The lowest BCUT2D eigenvalue weighted by atomic mass is 9.92. The first-order valence-electron chi connectivity index (χ1n) is 8.28. The second-order valence-corrected chi connectivity index (χ2v) is 6.75. The fourth-order valence-corrected chi connectivity index (χ4v) is 3.29. The molecule has 28 heavy (non-hydrogen) atoms. The number of urea groups is 1. The number of anilines is 1. The minimum atomic E-state index is -1.50. The van der Waals surface area contributed by atoms with Gasteiger partial charge in [0.15, 0.2) is 0 Å². The fourth-order valence-electron chi connectivity index (χ4n) is 2.94. The minimum absolute atomic E-state index is 0.000634. The van der Waals surface area contributed by atoms with E-state index in [2.05, 4.69) is 10.6 Å². The molecule has 1 aliphatic rings. The molecule has 0 aliphatic carbocycles. The second-order valence-electron chi connectivity index (χ2n) is 6.35.